The average Bonchev–Trinajstić information content (AvgIpc) is 2.91. The molecule has 3 rings (SSSR count). The van der Waals surface area contributed by atoms with E-state index < -0.39 is 0 Å². The number of rotatable bonds is 4. The summed E-state index contributed by atoms with van der Waals surface area (Å²) in [7, 11) is 3.74. The number of benzene rings is 2. The highest BCUT2D eigenvalue weighted by Gasteiger charge is 2.20. The maximum atomic E-state index is 5.18. The molecular formula is C19H18N2OS. The molecular weight excluding hydrogens is 304 g/mol. The minimum atomic E-state index is 0.812. The number of anilines is 1. The molecule has 0 spiro atoms. The van der Waals surface area contributed by atoms with E-state index in [1.54, 1.807) is 25.1 Å². The number of fused-ring (bicyclic) bond motifs is 1. The van der Waals surface area contributed by atoms with Gasteiger partial charge in [0.05, 0.1) is 23.5 Å². The molecule has 0 amide bonds. The lowest BCUT2D eigenvalue weighted by Gasteiger charge is -2.12. The Labute approximate surface area is 141 Å². The molecule has 0 bridgehead atoms. The molecule has 2 aromatic rings. The molecule has 0 radical (unpaired) electrons. The lowest BCUT2D eigenvalue weighted by molar-refractivity contribution is 0.415. The Morgan fingerprint density at radius 2 is 1.96 bits per heavy atom. The number of allylic oxidation sites excluding steroid dienone is 3. The lowest BCUT2D eigenvalue weighted by Crippen LogP contribution is -2.08. The van der Waals surface area contributed by atoms with Gasteiger partial charge in [0.25, 0.3) is 0 Å². The van der Waals surface area contributed by atoms with Crippen molar-refractivity contribution in [2.24, 2.45) is 4.99 Å². The third-order valence-corrected chi connectivity index (χ3v) is 4.67. The number of aliphatic imine (C=N–C) groups is 1. The SMILES string of the molecule is COc1cccc(N=C/C=C/C=C2\Sc3ccccc3N2C)c1. The van der Waals surface area contributed by atoms with E-state index in [-0.39, 0.29) is 0 Å². The number of hydrogen-bond acceptors (Lipinski definition) is 4. The summed E-state index contributed by atoms with van der Waals surface area (Å²) in [6.07, 6.45) is 7.83. The molecule has 0 unspecified atom stereocenters. The van der Waals surface area contributed by atoms with Crippen LogP contribution >= 0.6 is 11.8 Å². The van der Waals surface area contributed by atoms with Crippen molar-refractivity contribution in [3.8, 4) is 5.75 Å². The molecule has 2 aromatic carbocycles. The fraction of sp³-hybridized carbons (Fsp3) is 0.105. The zero-order valence-corrected chi connectivity index (χ0v) is 14.0. The molecule has 0 aliphatic carbocycles. The molecule has 0 saturated carbocycles. The van der Waals surface area contributed by atoms with E-state index in [9.17, 15) is 0 Å². The van der Waals surface area contributed by atoms with Gasteiger partial charge in [-0.3, -0.25) is 4.99 Å². The predicted molar refractivity (Wildman–Crippen MR) is 99.1 cm³/mol. The first-order chi connectivity index (χ1) is 11.3. The molecule has 1 aliphatic heterocycles. The minimum Gasteiger partial charge on any atom is -0.497 e. The first kappa shape index (κ1) is 15.4. The van der Waals surface area contributed by atoms with Crippen molar-refractivity contribution in [2.45, 2.75) is 4.90 Å². The van der Waals surface area contributed by atoms with Crippen LogP contribution in [-0.4, -0.2) is 20.4 Å². The minimum absolute atomic E-state index is 0.812. The number of hydrogen-bond donors (Lipinski definition) is 0. The number of ether oxygens (including phenoxy) is 1. The van der Waals surface area contributed by atoms with Crippen LogP contribution in [0.5, 0.6) is 5.75 Å². The third-order valence-electron chi connectivity index (χ3n) is 3.48. The van der Waals surface area contributed by atoms with Gasteiger partial charge in [0.15, 0.2) is 0 Å². The van der Waals surface area contributed by atoms with Crippen LogP contribution in [0.1, 0.15) is 0 Å². The Bertz CT molecular complexity index is 780. The summed E-state index contributed by atoms with van der Waals surface area (Å²) in [4.78, 5) is 7.89. The average molecular weight is 322 g/mol. The molecule has 0 saturated heterocycles. The molecule has 1 aliphatic rings. The fourth-order valence-electron chi connectivity index (χ4n) is 2.27. The highest BCUT2D eigenvalue weighted by Crippen LogP contribution is 2.44. The maximum Gasteiger partial charge on any atom is 0.121 e. The standard InChI is InChI=1S/C19H18N2OS/c1-21-17-10-3-4-11-18(17)23-19(21)12-5-6-13-20-15-8-7-9-16(14-15)22-2/h3-14H,1-2H3/b6-5+,19-12-,20-13?. The lowest BCUT2D eigenvalue weighted by atomic mass is 10.3. The first-order valence-corrected chi connectivity index (χ1v) is 8.15. The monoisotopic (exact) mass is 322 g/mol. The second-order valence-electron chi connectivity index (χ2n) is 5.00. The van der Waals surface area contributed by atoms with E-state index in [2.05, 4.69) is 47.3 Å². The summed E-state index contributed by atoms with van der Waals surface area (Å²) in [5.74, 6) is 0.812. The largest absolute Gasteiger partial charge is 0.497 e. The number of para-hydroxylation sites is 1. The Morgan fingerprint density at radius 3 is 2.78 bits per heavy atom. The Hall–Kier alpha value is -2.46. The van der Waals surface area contributed by atoms with Crippen molar-refractivity contribution in [1.29, 1.82) is 0 Å². The Morgan fingerprint density at radius 1 is 1.09 bits per heavy atom. The second kappa shape index (κ2) is 7.20. The molecule has 116 valence electrons. The third kappa shape index (κ3) is 3.66. The van der Waals surface area contributed by atoms with E-state index in [0.29, 0.717) is 0 Å². The first-order valence-electron chi connectivity index (χ1n) is 7.33. The van der Waals surface area contributed by atoms with Crippen LogP contribution in [0.15, 0.2) is 81.7 Å². The fourth-order valence-corrected chi connectivity index (χ4v) is 3.34. The normalized spacial score (nSPS) is 15.7. The van der Waals surface area contributed by atoms with Gasteiger partial charge in [0.1, 0.15) is 5.75 Å². The van der Waals surface area contributed by atoms with Gasteiger partial charge in [0, 0.05) is 24.2 Å². The highest BCUT2D eigenvalue weighted by atomic mass is 32.2. The molecule has 1 heterocycles. The van der Waals surface area contributed by atoms with Crippen molar-refractivity contribution in [3.63, 3.8) is 0 Å². The summed E-state index contributed by atoms with van der Waals surface area (Å²) < 4.78 is 5.18. The maximum absolute atomic E-state index is 5.18. The van der Waals surface area contributed by atoms with Crippen molar-refractivity contribution < 1.29 is 4.74 Å². The number of thioether (sulfide) groups is 1. The molecule has 0 fully saturated rings. The zero-order valence-electron chi connectivity index (χ0n) is 13.1. The van der Waals surface area contributed by atoms with Gasteiger partial charge in [-0.15, -0.1) is 0 Å². The topological polar surface area (TPSA) is 24.8 Å². The van der Waals surface area contributed by atoms with Gasteiger partial charge in [-0.1, -0.05) is 36.0 Å². The molecule has 23 heavy (non-hydrogen) atoms. The van der Waals surface area contributed by atoms with Crippen LogP contribution in [0.2, 0.25) is 0 Å². The van der Waals surface area contributed by atoms with Crippen LogP contribution in [0.25, 0.3) is 0 Å². The van der Waals surface area contributed by atoms with Gasteiger partial charge in [-0.05, 0) is 36.4 Å². The Balaban J connectivity index is 1.64. The predicted octanol–water partition coefficient (Wildman–Crippen LogP) is 5.04. The van der Waals surface area contributed by atoms with Crippen LogP contribution in [-0.2, 0) is 0 Å². The summed E-state index contributed by atoms with van der Waals surface area (Å²) in [6.45, 7) is 0. The summed E-state index contributed by atoms with van der Waals surface area (Å²) in [6, 6.07) is 16.1. The van der Waals surface area contributed by atoms with Crippen molar-refractivity contribution >= 4 is 29.4 Å². The van der Waals surface area contributed by atoms with E-state index in [4.69, 9.17) is 4.74 Å². The summed E-state index contributed by atoms with van der Waals surface area (Å²) >= 11 is 1.78. The summed E-state index contributed by atoms with van der Waals surface area (Å²) in [5, 5.41) is 1.21. The zero-order chi connectivity index (χ0) is 16.1. The van der Waals surface area contributed by atoms with E-state index in [1.165, 1.54) is 15.6 Å². The van der Waals surface area contributed by atoms with E-state index in [0.717, 1.165) is 11.4 Å². The molecule has 0 N–H and O–H groups in total. The molecule has 4 heteroatoms. The van der Waals surface area contributed by atoms with Crippen LogP contribution in [0, 0.1) is 0 Å². The second-order valence-corrected chi connectivity index (χ2v) is 6.06. The van der Waals surface area contributed by atoms with E-state index in [1.807, 2.05) is 36.4 Å². The van der Waals surface area contributed by atoms with Crippen LogP contribution in [0.3, 0.4) is 0 Å². The highest BCUT2D eigenvalue weighted by molar-refractivity contribution is 8.03. The van der Waals surface area contributed by atoms with E-state index >= 15 is 0 Å². The number of nitrogens with zero attached hydrogens (tertiary/aromatic N) is 2. The van der Waals surface area contributed by atoms with Gasteiger partial charge in [0.2, 0.25) is 0 Å². The quantitative estimate of drug-likeness (QED) is 0.737. The van der Waals surface area contributed by atoms with Crippen molar-refractivity contribution in [2.75, 3.05) is 19.1 Å². The Kier molecular flexibility index (Phi) is 4.83. The van der Waals surface area contributed by atoms with Gasteiger partial charge in [-0.2, -0.15) is 0 Å². The smallest absolute Gasteiger partial charge is 0.121 e. The summed E-state index contributed by atoms with van der Waals surface area (Å²) in [5.41, 5.74) is 2.13. The van der Waals surface area contributed by atoms with Gasteiger partial charge < -0.3 is 9.64 Å². The molecule has 0 atom stereocenters. The molecule has 0 aromatic heterocycles. The van der Waals surface area contributed by atoms with Crippen molar-refractivity contribution in [1.82, 2.24) is 0 Å². The van der Waals surface area contributed by atoms with Gasteiger partial charge in [-0.25, -0.2) is 0 Å². The van der Waals surface area contributed by atoms with Gasteiger partial charge >= 0.3 is 0 Å². The van der Waals surface area contributed by atoms with Crippen LogP contribution in [0.4, 0.5) is 11.4 Å². The number of methoxy groups -OCH3 is 1. The van der Waals surface area contributed by atoms with Crippen molar-refractivity contribution in [3.05, 3.63) is 71.8 Å². The molecule has 3 nitrogen and oxygen atoms in total. The van der Waals surface area contributed by atoms with Crippen LogP contribution < -0.4 is 9.64 Å².